The monoisotopic (exact) mass is 409 g/mol. The van der Waals surface area contributed by atoms with Crippen molar-refractivity contribution in [2.75, 3.05) is 37.2 Å². The summed E-state index contributed by atoms with van der Waals surface area (Å²) in [5.41, 5.74) is 0. The lowest BCUT2D eigenvalue weighted by Gasteiger charge is -2.34. The van der Waals surface area contributed by atoms with Crippen molar-refractivity contribution < 1.29 is 9.59 Å². The lowest BCUT2D eigenvalue weighted by Crippen LogP contribution is -2.51. The highest BCUT2D eigenvalue weighted by Crippen LogP contribution is 2.31. The van der Waals surface area contributed by atoms with E-state index in [0.717, 1.165) is 22.3 Å². The maximum atomic E-state index is 12.5. The van der Waals surface area contributed by atoms with Crippen molar-refractivity contribution in [2.45, 2.75) is 55.3 Å². The van der Waals surface area contributed by atoms with Gasteiger partial charge in [-0.25, -0.2) is 0 Å². The fourth-order valence-electron chi connectivity index (χ4n) is 3.73. The molecule has 27 heavy (non-hydrogen) atoms. The minimum atomic E-state index is 0.121. The van der Waals surface area contributed by atoms with Crippen molar-refractivity contribution >= 4 is 40.0 Å². The van der Waals surface area contributed by atoms with Gasteiger partial charge in [0.1, 0.15) is 0 Å². The highest BCUT2D eigenvalue weighted by Gasteiger charge is 2.35. The topological polar surface area (TPSA) is 78.4 Å². The molecule has 1 aromatic heterocycles. The number of carbonyl (C=O) groups is 2. The first-order valence-electron chi connectivity index (χ1n) is 9.98. The minimum Gasteiger partial charge on any atom is -0.357 e. The first-order valence-corrected chi connectivity index (χ1v) is 11.8. The van der Waals surface area contributed by atoms with Crippen molar-refractivity contribution in [3.8, 4) is 0 Å². The maximum Gasteiger partial charge on any atom is 0.233 e. The molecule has 1 saturated heterocycles. The van der Waals surface area contributed by atoms with Crippen LogP contribution >= 0.6 is 23.1 Å². The standard InChI is InChI=1S/C18H27N5O2S2/c24-15(22-8-10-23(11-9-22)16(25)13-6-7-13)12-26-18-21-20-17(27-18)19-14-4-2-1-3-5-14/h13-14H,1-12H2,(H,19,20). The van der Waals surface area contributed by atoms with Crippen molar-refractivity contribution in [3.05, 3.63) is 0 Å². The molecule has 7 nitrogen and oxygen atoms in total. The van der Waals surface area contributed by atoms with Crippen LogP contribution in [-0.2, 0) is 9.59 Å². The van der Waals surface area contributed by atoms with E-state index in [9.17, 15) is 9.59 Å². The number of piperazine rings is 1. The van der Waals surface area contributed by atoms with Gasteiger partial charge in [0.25, 0.3) is 0 Å². The molecule has 1 N–H and O–H groups in total. The molecule has 1 aliphatic heterocycles. The Hall–Kier alpha value is -1.35. The summed E-state index contributed by atoms with van der Waals surface area (Å²) in [4.78, 5) is 28.3. The number of nitrogens with one attached hydrogen (secondary N) is 1. The number of anilines is 1. The Morgan fingerprint density at radius 2 is 1.70 bits per heavy atom. The van der Waals surface area contributed by atoms with Crippen LogP contribution in [0.3, 0.4) is 0 Å². The van der Waals surface area contributed by atoms with Gasteiger partial charge in [-0.05, 0) is 25.7 Å². The zero-order valence-electron chi connectivity index (χ0n) is 15.6. The van der Waals surface area contributed by atoms with Crippen molar-refractivity contribution in [1.29, 1.82) is 0 Å². The molecule has 3 aliphatic rings. The second-order valence-corrected chi connectivity index (χ2v) is 9.82. The molecule has 148 valence electrons. The average Bonchev–Trinajstić information content (AvgIpc) is 3.47. The molecule has 9 heteroatoms. The van der Waals surface area contributed by atoms with Crippen molar-refractivity contribution in [3.63, 3.8) is 0 Å². The second-order valence-electron chi connectivity index (χ2n) is 7.62. The van der Waals surface area contributed by atoms with Gasteiger partial charge in [0.05, 0.1) is 5.75 Å². The molecule has 2 amide bonds. The zero-order chi connectivity index (χ0) is 18.6. The third kappa shape index (κ3) is 5.13. The molecular weight excluding hydrogens is 382 g/mol. The SMILES string of the molecule is O=C(CSc1nnc(NC2CCCCC2)s1)N1CCN(C(=O)C2CC2)CC1. The predicted octanol–water partition coefficient (Wildman–Crippen LogP) is 2.46. The summed E-state index contributed by atoms with van der Waals surface area (Å²) in [7, 11) is 0. The Kier molecular flexibility index (Phi) is 6.17. The summed E-state index contributed by atoms with van der Waals surface area (Å²) in [6, 6.07) is 0.515. The van der Waals surface area contributed by atoms with Gasteiger partial charge in [-0.3, -0.25) is 9.59 Å². The fourth-order valence-corrected chi connectivity index (χ4v) is 5.46. The average molecular weight is 410 g/mol. The van der Waals surface area contributed by atoms with Crippen LogP contribution in [0.2, 0.25) is 0 Å². The Morgan fingerprint density at radius 1 is 1.00 bits per heavy atom. The van der Waals surface area contributed by atoms with Gasteiger partial charge >= 0.3 is 0 Å². The second kappa shape index (κ2) is 8.77. The lowest BCUT2D eigenvalue weighted by atomic mass is 9.96. The van der Waals surface area contributed by atoms with Crippen LogP contribution in [0, 0.1) is 5.92 Å². The molecule has 1 aromatic rings. The predicted molar refractivity (Wildman–Crippen MR) is 107 cm³/mol. The van der Waals surface area contributed by atoms with E-state index in [0.29, 0.717) is 38.0 Å². The number of hydrogen-bond donors (Lipinski definition) is 1. The van der Waals surface area contributed by atoms with E-state index in [1.54, 1.807) is 0 Å². The summed E-state index contributed by atoms with van der Waals surface area (Å²) in [6.07, 6.45) is 8.38. The van der Waals surface area contributed by atoms with Crippen molar-refractivity contribution in [1.82, 2.24) is 20.0 Å². The molecule has 0 aromatic carbocycles. The van der Waals surface area contributed by atoms with Crippen LogP contribution in [0.25, 0.3) is 0 Å². The summed E-state index contributed by atoms with van der Waals surface area (Å²) in [6.45, 7) is 2.62. The van der Waals surface area contributed by atoms with E-state index < -0.39 is 0 Å². The molecule has 0 atom stereocenters. The first kappa shape index (κ1) is 19.0. The Morgan fingerprint density at radius 3 is 2.41 bits per heavy atom. The zero-order valence-corrected chi connectivity index (χ0v) is 17.2. The van der Waals surface area contributed by atoms with Gasteiger partial charge in [0, 0.05) is 38.1 Å². The van der Waals surface area contributed by atoms with Crippen LogP contribution in [0.1, 0.15) is 44.9 Å². The molecule has 0 bridgehead atoms. The quantitative estimate of drug-likeness (QED) is 0.727. The van der Waals surface area contributed by atoms with Crippen LogP contribution in [0.15, 0.2) is 4.34 Å². The van der Waals surface area contributed by atoms with Gasteiger partial charge < -0.3 is 15.1 Å². The van der Waals surface area contributed by atoms with Crippen molar-refractivity contribution in [2.24, 2.45) is 5.92 Å². The minimum absolute atomic E-state index is 0.121. The Bertz CT molecular complexity index is 664. The first-order chi connectivity index (χ1) is 13.2. The van der Waals surface area contributed by atoms with Gasteiger partial charge in [-0.2, -0.15) is 0 Å². The summed E-state index contributed by atoms with van der Waals surface area (Å²) < 4.78 is 0.837. The van der Waals surface area contributed by atoms with Gasteiger partial charge in [-0.15, -0.1) is 10.2 Å². The van der Waals surface area contributed by atoms with E-state index >= 15 is 0 Å². The largest absolute Gasteiger partial charge is 0.357 e. The number of carbonyl (C=O) groups excluding carboxylic acids is 2. The summed E-state index contributed by atoms with van der Waals surface area (Å²) >= 11 is 3.00. The van der Waals surface area contributed by atoms with Crippen LogP contribution in [0.5, 0.6) is 0 Å². The number of rotatable bonds is 6. The van der Waals surface area contributed by atoms with Gasteiger partial charge in [0.2, 0.25) is 16.9 Å². The highest BCUT2D eigenvalue weighted by molar-refractivity contribution is 8.01. The van der Waals surface area contributed by atoms with Crippen LogP contribution in [0.4, 0.5) is 5.13 Å². The Labute approximate surface area is 168 Å². The van der Waals surface area contributed by atoms with Gasteiger partial charge in [0.15, 0.2) is 4.34 Å². The van der Waals surface area contributed by atoms with Crippen LogP contribution in [-0.4, -0.2) is 69.8 Å². The van der Waals surface area contributed by atoms with E-state index in [4.69, 9.17) is 0 Å². The lowest BCUT2D eigenvalue weighted by molar-refractivity contribution is -0.139. The van der Waals surface area contributed by atoms with E-state index in [1.807, 2.05) is 9.80 Å². The number of amides is 2. The summed E-state index contributed by atoms with van der Waals surface area (Å²) in [5, 5.41) is 12.8. The van der Waals surface area contributed by atoms with E-state index in [-0.39, 0.29) is 17.7 Å². The molecular formula is C18H27N5O2S2. The van der Waals surface area contributed by atoms with Crippen LogP contribution < -0.4 is 5.32 Å². The highest BCUT2D eigenvalue weighted by atomic mass is 32.2. The van der Waals surface area contributed by atoms with E-state index in [2.05, 4.69) is 15.5 Å². The van der Waals surface area contributed by atoms with Gasteiger partial charge in [-0.1, -0.05) is 42.4 Å². The molecule has 4 rings (SSSR count). The molecule has 0 spiro atoms. The van der Waals surface area contributed by atoms with E-state index in [1.165, 1.54) is 55.2 Å². The fraction of sp³-hybridized carbons (Fsp3) is 0.778. The maximum absolute atomic E-state index is 12.5. The smallest absolute Gasteiger partial charge is 0.233 e. The Balaban J connectivity index is 1.18. The molecule has 2 aliphatic carbocycles. The summed E-state index contributed by atoms with van der Waals surface area (Å²) in [5.74, 6) is 1.05. The molecule has 3 fully saturated rings. The number of aromatic nitrogens is 2. The third-order valence-corrected chi connectivity index (χ3v) is 7.50. The molecule has 2 saturated carbocycles. The number of hydrogen-bond acceptors (Lipinski definition) is 7. The number of nitrogens with zero attached hydrogens (tertiary/aromatic N) is 4. The molecule has 2 heterocycles. The molecule has 0 unspecified atom stereocenters. The third-order valence-electron chi connectivity index (χ3n) is 5.53. The normalized spacial score (nSPS) is 21.3. The molecule has 0 radical (unpaired) electrons. The number of thioether (sulfide) groups is 1.